The summed E-state index contributed by atoms with van der Waals surface area (Å²) in [6, 6.07) is 11.5. The standard InChI is InChI=1S/C17H15BrN2O4S/c1-11-9-13(18)5-6-15(11)19-17(22)12-3-2-4-14(10-12)20-16(21)7-8-25(20,23)24/h2-6,9-10H,7-8H2,1H3,(H,19,22). The predicted octanol–water partition coefficient (Wildman–Crippen LogP) is 3.08. The zero-order valence-electron chi connectivity index (χ0n) is 13.3. The molecule has 0 radical (unpaired) electrons. The molecular weight excluding hydrogens is 408 g/mol. The summed E-state index contributed by atoms with van der Waals surface area (Å²) in [6.07, 6.45) is -0.0448. The van der Waals surface area contributed by atoms with Crippen molar-refractivity contribution in [2.75, 3.05) is 15.4 Å². The van der Waals surface area contributed by atoms with Gasteiger partial charge < -0.3 is 5.32 Å². The van der Waals surface area contributed by atoms with Crippen LogP contribution in [0.4, 0.5) is 11.4 Å². The molecule has 25 heavy (non-hydrogen) atoms. The van der Waals surface area contributed by atoms with Crippen molar-refractivity contribution in [2.45, 2.75) is 13.3 Å². The lowest BCUT2D eigenvalue weighted by atomic mass is 10.1. The number of aryl methyl sites for hydroxylation is 1. The molecule has 1 fully saturated rings. The average Bonchev–Trinajstić information content (AvgIpc) is 2.83. The van der Waals surface area contributed by atoms with Crippen molar-refractivity contribution in [3.05, 3.63) is 58.1 Å². The van der Waals surface area contributed by atoms with E-state index in [0.29, 0.717) is 5.69 Å². The summed E-state index contributed by atoms with van der Waals surface area (Å²) in [5, 5.41) is 2.79. The van der Waals surface area contributed by atoms with E-state index in [2.05, 4.69) is 21.2 Å². The molecule has 1 N–H and O–H groups in total. The van der Waals surface area contributed by atoms with Gasteiger partial charge in [0.05, 0.1) is 11.4 Å². The Morgan fingerprint density at radius 2 is 1.96 bits per heavy atom. The minimum Gasteiger partial charge on any atom is -0.322 e. The van der Waals surface area contributed by atoms with Crippen LogP contribution >= 0.6 is 15.9 Å². The first-order valence-corrected chi connectivity index (χ1v) is 9.91. The molecule has 1 aliphatic rings. The number of halogens is 1. The van der Waals surface area contributed by atoms with Crippen molar-refractivity contribution in [2.24, 2.45) is 0 Å². The summed E-state index contributed by atoms with van der Waals surface area (Å²) in [5.74, 6) is -1.07. The number of carbonyl (C=O) groups excluding carboxylic acids is 2. The highest BCUT2D eigenvalue weighted by Crippen LogP contribution is 2.26. The van der Waals surface area contributed by atoms with Crippen LogP contribution in [0.1, 0.15) is 22.3 Å². The van der Waals surface area contributed by atoms with Gasteiger partial charge in [0.2, 0.25) is 15.9 Å². The number of nitrogens with one attached hydrogen (secondary N) is 1. The normalized spacial score (nSPS) is 16.1. The zero-order valence-corrected chi connectivity index (χ0v) is 15.7. The van der Waals surface area contributed by atoms with E-state index in [1.54, 1.807) is 18.2 Å². The van der Waals surface area contributed by atoms with E-state index in [9.17, 15) is 18.0 Å². The Hall–Kier alpha value is -2.19. The van der Waals surface area contributed by atoms with Gasteiger partial charge in [-0.2, -0.15) is 0 Å². The average molecular weight is 423 g/mol. The molecule has 1 saturated heterocycles. The third-order valence-electron chi connectivity index (χ3n) is 3.86. The van der Waals surface area contributed by atoms with E-state index < -0.39 is 15.9 Å². The molecule has 1 aliphatic heterocycles. The van der Waals surface area contributed by atoms with Crippen molar-refractivity contribution in [1.82, 2.24) is 0 Å². The largest absolute Gasteiger partial charge is 0.322 e. The van der Waals surface area contributed by atoms with Crippen molar-refractivity contribution in [3.63, 3.8) is 0 Å². The molecule has 0 aromatic heterocycles. The van der Waals surface area contributed by atoms with Crippen LogP contribution < -0.4 is 9.62 Å². The number of sulfonamides is 1. The number of carbonyl (C=O) groups is 2. The molecule has 6 nitrogen and oxygen atoms in total. The number of nitrogens with zero attached hydrogens (tertiary/aromatic N) is 1. The van der Waals surface area contributed by atoms with Crippen LogP contribution in [-0.2, 0) is 14.8 Å². The lowest BCUT2D eigenvalue weighted by Crippen LogP contribution is -2.29. The molecular formula is C17H15BrN2O4S. The van der Waals surface area contributed by atoms with Gasteiger partial charge in [0.15, 0.2) is 0 Å². The second-order valence-corrected chi connectivity index (χ2v) is 8.54. The Morgan fingerprint density at radius 3 is 2.60 bits per heavy atom. The molecule has 0 atom stereocenters. The lowest BCUT2D eigenvalue weighted by molar-refractivity contribution is -0.116. The van der Waals surface area contributed by atoms with Crippen LogP contribution in [0.3, 0.4) is 0 Å². The van der Waals surface area contributed by atoms with Crippen LogP contribution in [-0.4, -0.2) is 26.0 Å². The van der Waals surface area contributed by atoms with Crippen molar-refractivity contribution in [1.29, 1.82) is 0 Å². The number of hydrogen-bond acceptors (Lipinski definition) is 4. The Labute approximate surface area is 154 Å². The number of benzene rings is 2. The molecule has 3 rings (SSSR count). The maximum Gasteiger partial charge on any atom is 0.255 e. The minimum atomic E-state index is -3.66. The number of rotatable bonds is 3. The van der Waals surface area contributed by atoms with E-state index in [1.165, 1.54) is 12.1 Å². The van der Waals surface area contributed by atoms with Gasteiger partial charge >= 0.3 is 0 Å². The van der Waals surface area contributed by atoms with Gasteiger partial charge in [-0.05, 0) is 48.9 Å². The fraction of sp³-hybridized carbons (Fsp3) is 0.176. The molecule has 8 heteroatoms. The second kappa shape index (κ2) is 6.61. The number of amides is 2. The first-order valence-electron chi connectivity index (χ1n) is 7.51. The zero-order chi connectivity index (χ0) is 18.2. The van der Waals surface area contributed by atoms with Crippen LogP contribution in [0, 0.1) is 6.92 Å². The van der Waals surface area contributed by atoms with E-state index in [4.69, 9.17) is 0 Å². The summed E-state index contributed by atoms with van der Waals surface area (Å²) in [4.78, 5) is 24.4. The molecule has 2 aromatic rings. The van der Waals surface area contributed by atoms with E-state index in [-0.39, 0.29) is 29.3 Å². The quantitative estimate of drug-likeness (QED) is 0.823. The smallest absolute Gasteiger partial charge is 0.255 e. The fourth-order valence-electron chi connectivity index (χ4n) is 2.60. The van der Waals surface area contributed by atoms with Crippen LogP contribution in [0.2, 0.25) is 0 Å². The van der Waals surface area contributed by atoms with Gasteiger partial charge in [0, 0.05) is 22.1 Å². The molecule has 0 unspecified atom stereocenters. The summed E-state index contributed by atoms with van der Waals surface area (Å²) in [7, 11) is -3.66. The van der Waals surface area contributed by atoms with E-state index in [0.717, 1.165) is 14.3 Å². The summed E-state index contributed by atoms with van der Waals surface area (Å²) < 4.78 is 25.7. The number of anilines is 2. The van der Waals surface area contributed by atoms with Crippen LogP contribution in [0.5, 0.6) is 0 Å². The van der Waals surface area contributed by atoms with Gasteiger partial charge in [-0.1, -0.05) is 22.0 Å². The van der Waals surface area contributed by atoms with Crippen molar-refractivity contribution >= 4 is 49.1 Å². The molecule has 130 valence electrons. The summed E-state index contributed by atoms with van der Waals surface area (Å²) in [5.41, 5.74) is 2.00. The third kappa shape index (κ3) is 3.59. The maximum absolute atomic E-state index is 12.5. The number of hydrogen-bond donors (Lipinski definition) is 1. The molecule has 0 aliphatic carbocycles. The van der Waals surface area contributed by atoms with Crippen LogP contribution in [0.25, 0.3) is 0 Å². The second-order valence-electron chi connectivity index (χ2n) is 5.69. The molecule has 2 aromatic carbocycles. The highest BCUT2D eigenvalue weighted by molar-refractivity contribution is 9.10. The highest BCUT2D eigenvalue weighted by Gasteiger charge is 2.36. The first-order chi connectivity index (χ1) is 11.8. The molecule has 0 bridgehead atoms. The fourth-order valence-corrected chi connectivity index (χ4v) is 4.53. The van der Waals surface area contributed by atoms with Crippen molar-refractivity contribution < 1.29 is 18.0 Å². The van der Waals surface area contributed by atoms with Crippen molar-refractivity contribution in [3.8, 4) is 0 Å². The van der Waals surface area contributed by atoms with Gasteiger partial charge in [-0.3, -0.25) is 9.59 Å². The third-order valence-corrected chi connectivity index (χ3v) is 6.04. The molecule has 0 spiro atoms. The Kier molecular flexibility index (Phi) is 4.66. The molecule has 1 heterocycles. The minimum absolute atomic E-state index is 0.0448. The van der Waals surface area contributed by atoms with Gasteiger partial charge in [0.25, 0.3) is 5.91 Å². The van der Waals surface area contributed by atoms with Crippen LogP contribution in [0.15, 0.2) is 46.9 Å². The Morgan fingerprint density at radius 1 is 1.20 bits per heavy atom. The molecule has 2 amide bonds. The Bertz CT molecular complexity index is 972. The monoisotopic (exact) mass is 422 g/mol. The maximum atomic E-state index is 12.5. The predicted molar refractivity (Wildman–Crippen MR) is 99.2 cm³/mol. The van der Waals surface area contributed by atoms with E-state index >= 15 is 0 Å². The van der Waals surface area contributed by atoms with Gasteiger partial charge in [0.1, 0.15) is 0 Å². The van der Waals surface area contributed by atoms with Gasteiger partial charge in [-0.15, -0.1) is 0 Å². The lowest BCUT2D eigenvalue weighted by Gasteiger charge is -2.16. The summed E-state index contributed by atoms with van der Waals surface area (Å²) in [6.45, 7) is 1.87. The highest BCUT2D eigenvalue weighted by atomic mass is 79.9. The SMILES string of the molecule is Cc1cc(Br)ccc1NC(=O)c1cccc(N2C(=O)CCS2(=O)=O)c1. The van der Waals surface area contributed by atoms with E-state index in [1.807, 2.05) is 19.1 Å². The topological polar surface area (TPSA) is 83.6 Å². The Balaban J connectivity index is 1.89. The summed E-state index contributed by atoms with van der Waals surface area (Å²) >= 11 is 3.36. The van der Waals surface area contributed by atoms with Gasteiger partial charge in [-0.25, -0.2) is 12.7 Å². The molecule has 0 saturated carbocycles. The first kappa shape index (κ1) is 17.6.